The van der Waals surface area contributed by atoms with Crippen molar-refractivity contribution in [3.63, 3.8) is 0 Å². The molecule has 1 aromatic carbocycles. The molecule has 11 nitrogen and oxygen atoms in total. The van der Waals surface area contributed by atoms with Crippen molar-refractivity contribution < 1.29 is 35.5 Å². The topological polar surface area (TPSA) is 115 Å². The molecule has 0 spiro atoms. The lowest BCUT2D eigenvalue weighted by atomic mass is 10.1. The fourth-order valence-electron chi connectivity index (χ4n) is 4.94. The van der Waals surface area contributed by atoms with Crippen LogP contribution < -0.4 is 10.1 Å². The molecule has 4 heterocycles. The van der Waals surface area contributed by atoms with Crippen LogP contribution in [-0.4, -0.2) is 89.9 Å². The third kappa shape index (κ3) is 6.45. The highest BCUT2D eigenvalue weighted by atomic mass is 32.2. The van der Waals surface area contributed by atoms with E-state index < -0.39 is 32.8 Å². The normalized spacial score (nSPS) is 18.0. The number of rotatable bonds is 7. The summed E-state index contributed by atoms with van der Waals surface area (Å²) in [7, 11) is -2.46. The highest BCUT2D eigenvalue weighted by Crippen LogP contribution is 2.35. The summed E-state index contributed by atoms with van der Waals surface area (Å²) in [4.78, 5) is 13.8. The summed E-state index contributed by atoms with van der Waals surface area (Å²) < 4.78 is 93.9. The van der Waals surface area contributed by atoms with E-state index in [9.17, 15) is 26.0 Å². The minimum absolute atomic E-state index is 0.00764. The minimum Gasteiger partial charge on any atom is -0.404 e. The summed E-state index contributed by atoms with van der Waals surface area (Å²) in [6.07, 6.45) is -1.26. The monoisotopic (exact) mass is 599 g/mol. The number of nitrogens with one attached hydrogen (secondary N) is 1. The lowest BCUT2D eigenvalue weighted by Crippen LogP contribution is -2.47. The van der Waals surface area contributed by atoms with E-state index in [0.717, 1.165) is 22.6 Å². The second kappa shape index (κ2) is 11.5. The number of likely N-dealkylation sites (N-methyl/N-ethyl adjacent to an activating group) is 1. The molecule has 0 aliphatic carbocycles. The van der Waals surface area contributed by atoms with Crippen LogP contribution in [0.25, 0.3) is 11.4 Å². The number of benzene rings is 1. The Morgan fingerprint density at radius 2 is 1.78 bits per heavy atom. The number of hydrogen-bond acceptors (Lipinski definition) is 9. The Hall–Kier alpha value is -3.34. The summed E-state index contributed by atoms with van der Waals surface area (Å²) in [5.74, 6) is -1.06. The second-order valence-corrected chi connectivity index (χ2v) is 11.7. The van der Waals surface area contributed by atoms with Gasteiger partial charge in [0.2, 0.25) is 16.0 Å². The quantitative estimate of drug-likeness (QED) is 0.406. The van der Waals surface area contributed by atoms with Crippen molar-refractivity contribution in [2.75, 3.05) is 51.8 Å². The standard InChI is InChI=1S/C25H29F4N7O4S/c1-16-30-15-20(36(16)18-5-11-39-12-6-18)23-19(26)14-31-24(33-23)32-17-3-4-22(21(13-17)40-25(27,28)29)41(37,38)35-9-7-34(2)8-10-35/h3-4,13-15,18H,5-12H2,1-2H3,(H,31,32,33). The van der Waals surface area contributed by atoms with Crippen molar-refractivity contribution in [1.29, 1.82) is 0 Å². The lowest BCUT2D eigenvalue weighted by Gasteiger charge is -2.32. The molecule has 0 radical (unpaired) electrons. The van der Waals surface area contributed by atoms with E-state index in [-0.39, 0.29) is 36.5 Å². The minimum atomic E-state index is -5.15. The van der Waals surface area contributed by atoms with E-state index in [0.29, 0.717) is 50.7 Å². The number of halogens is 4. The number of hydrogen-bond donors (Lipinski definition) is 1. The number of ether oxygens (including phenoxy) is 2. The third-order valence-corrected chi connectivity index (χ3v) is 8.97. The number of alkyl halides is 3. The van der Waals surface area contributed by atoms with E-state index in [4.69, 9.17) is 4.74 Å². The highest BCUT2D eigenvalue weighted by Gasteiger charge is 2.36. The molecule has 2 aromatic heterocycles. The van der Waals surface area contributed by atoms with Crippen molar-refractivity contribution >= 4 is 21.7 Å². The van der Waals surface area contributed by atoms with E-state index in [1.165, 1.54) is 12.3 Å². The van der Waals surface area contributed by atoms with Crippen LogP contribution in [0, 0.1) is 12.7 Å². The maximum absolute atomic E-state index is 14.9. The molecule has 0 bridgehead atoms. The first kappa shape index (κ1) is 29.2. The van der Waals surface area contributed by atoms with Gasteiger partial charge in [0.05, 0.1) is 18.1 Å². The smallest absolute Gasteiger partial charge is 0.404 e. The number of anilines is 2. The van der Waals surface area contributed by atoms with Crippen LogP contribution in [0.1, 0.15) is 24.7 Å². The van der Waals surface area contributed by atoms with E-state index in [1.807, 2.05) is 16.5 Å². The molecule has 2 saturated heterocycles. The maximum Gasteiger partial charge on any atom is 0.573 e. The van der Waals surface area contributed by atoms with Crippen LogP contribution in [0.15, 0.2) is 35.5 Å². The van der Waals surface area contributed by atoms with Crippen LogP contribution in [0.3, 0.4) is 0 Å². The number of imidazole rings is 1. The Balaban J connectivity index is 1.46. The molecule has 0 atom stereocenters. The Bertz CT molecular complexity index is 1500. The summed E-state index contributed by atoms with van der Waals surface area (Å²) in [5.41, 5.74) is 0.385. The zero-order chi connectivity index (χ0) is 29.4. The van der Waals surface area contributed by atoms with Gasteiger partial charge in [-0.2, -0.15) is 4.31 Å². The van der Waals surface area contributed by atoms with Crippen molar-refractivity contribution in [1.82, 2.24) is 28.7 Å². The zero-order valence-electron chi connectivity index (χ0n) is 22.4. The van der Waals surface area contributed by atoms with E-state index in [2.05, 4.69) is 25.0 Å². The molecule has 2 aliphatic rings. The predicted octanol–water partition coefficient (Wildman–Crippen LogP) is 3.72. The first-order valence-corrected chi connectivity index (χ1v) is 14.4. The molecular weight excluding hydrogens is 570 g/mol. The molecule has 3 aromatic rings. The fourth-order valence-corrected chi connectivity index (χ4v) is 6.46. The zero-order valence-corrected chi connectivity index (χ0v) is 23.2. The molecule has 5 rings (SSSR count). The van der Waals surface area contributed by atoms with Crippen LogP contribution in [-0.2, 0) is 14.8 Å². The number of aromatic nitrogens is 4. The Kier molecular flexibility index (Phi) is 8.18. The molecule has 2 aliphatic heterocycles. The van der Waals surface area contributed by atoms with Gasteiger partial charge in [-0.3, -0.25) is 0 Å². The largest absolute Gasteiger partial charge is 0.573 e. The first-order valence-electron chi connectivity index (χ1n) is 12.9. The number of aryl methyl sites for hydroxylation is 1. The maximum atomic E-state index is 14.9. The summed E-state index contributed by atoms with van der Waals surface area (Å²) >= 11 is 0. The molecule has 222 valence electrons. The predicted molar refractivity (Wildman–Crippen MR) is 140 cm³/mol. The summed E-state index contributed by atoms with van der Waals surface area (Å²) in [6, 6.07) is 3.24. The SMILES string of the molecule is Cc1ncc(-c2nc(Nc3ccc(S(=O)(=O)N4CCN(C)CC4)c(OC(F)(F)F)c3)ncc2F)n1C1CCOCC1. The van der Waals surface area contributed by atoms with Gasteiger partial charge in [0.1, 0.15) is 16.4 Å². The molecular formula is C25H29F4N7O4S. The van der Waals surface area contributed by atoms with Gasteiger partial charge in [0.25, 0.3) is 0 Å². The average molecular weight is 600 g/mol. The summed E-state index contributed by atoms with van der Waals surface area (Å²) in [6.45, 7) is 4.04. The number of nitrogens with zero attached hydrogens (tertiary/aromatic N) is 6. The first-order chi connectivity index (χ1) is 19.4. The van der Waals surface area contributed by atoms with Gasteiger partial charge in [-0.05, 0) is 38.9 Å². The van der Waals surface area contributed by atoms with Crippen LogP contribution in [0.2, 0.25) is 0 Å². The number of sulfonamides is 1. The van der Waals surface area contributed by atoms with Gasteiger partial charge in [-0.15, -0.1) is 13.2 Å². The molecule has 0 amide bonds. The van der Waals surface area contributed by atoms with Gasteiger partial charge in [0, 0.05) is 57.2 Å². The fraction of sp³-hybridized carbons (Fsp3) is 0.480. The third-order valence-electron chi connectivity index (χ3n) is 7.03. The molecule has 0 saturated carbocycles. The average Bonchev–Trinajstić information content (AvgIpc) is 3.30. The van der Waals surface area contributed by atoms with Crippen molar-refractivity contribution in [2.24, 2.45) is 0 Å². The molecule has 2 fully saturated rings. The van der Waals surface area contributed by atoms with Gasteiger partial charge in [-0.25, -0.2) is 27.8 Å². The summed E-state index contributed by atoms with van der Waals surface area (Å²) in [5, 5.41) is 2.74. The molecule has 41 heavy (non-hydrogen) atoms. The van der Waals surface area contributed by atoms with Gasteiger partial charge in [-0.1, -0.05) is 0 Å². The van der Waals surface area contributed by atoms with Crippen LogP contribution in [0.4, 0.5) is 29.2 Å². The van der Waals surface area contributed by atoms with Crippen molar-refractivity contribution in [3.8, 4) is 17.1 Å². The van der Waals surface area contributed by atoms with Gasteiger partial charge >= 0.3 is 6.36 Å². The van der Waals surface area contributed by atoms with Crippen molar-refractivity contribution in [3.05, 3.63) is 42.2 Å². The Labute approximate surface area is 234 Å². The second-order valence-electron chi connectivity index (χ2n) is 9.84. The van der Waals surface area contributed by atoms with E-state index in [1.54, 1.807) is 6.92 Å². The number of piperazine rings is 1. The van der Waals surface area contributed by atoms with Crippen LogP contribution >= 0.6 is 0 Å². The molecule has 1 N–H and O–H groups in total. The molecule has 0 unspecified atom stereocenters. The van der Waals surface area contributed by atoms with E-state index >= 15 is 0 Å². The Morgan fingerprint density at radius 1 is 1.07 bits per heavy atom. The Morgan fingerprint density at radius 3 is 2.46 bits per heavy atom. The van der Waals surface area contributed by atoms with Crippen LogP contribution in [0.5, 0.6) is 5.75 Å². The lowest BCUT2D eigenvalue weighted by molar-refractivity contribution is -0.275. The highest BCUT2D eigenvalue weighted by molar-refractivity contribution is 7.89. The van der Waals surface area contributed by atoms with Gasteiger partial charge < -0.3 is 24.3 Å². The van der Waals surface area contributed by atoms with Gasteiger partial charge in [0.15, 0.2) is 11.6 Å². The molecule has 16 heteroatoms. The van der Waals surface area contributed by atoms with Crippen molar-refractivity contribution in [2.45, 2.75) is 37.1 Å².